The maximum atomic E-state index is 13.8. The first-order valence-electron chi connectivity index (χ1n) is 6.32. The number of hydrogen-bond acceptors (Lipinski definition) is 3. The molecule has 0 aliphatic heterocycles. The van der Waals surface area contributed by atoms with Gasteiger partial charge in [0.2, 0.25) is 5.88 Å². The summed E-state index contributed by atoms with van der Waals surface area (Å²) in [7, 11) is 0. The van der Waals surface area contributed by atoms with Crippen LogP contribution in [0.3, 0.4) is 0 Å². The van der Waals surface area contributed by atoms with E-state index in [-0.39, 0.29) is 16.9 Å². The predicted molar refractivity (Wildman–Crippen MR) is 74.3 cm³/mol. The third-order valence-corrected chi connectivity index (χ3v) is 2.95. The number of anilines is 1. The van der Waals surface area contributed by atoms with E-state index in [4.69, 9.17) is 4.52 Å². The number of amides is 1. The van der Waals surface area contributed by atoms with Crippen molar-refractivity contribution in [1.82, 2.24) is 5.16 Å². The van der Waals surface area contributed by atoms with Crippen LogP contribution in [0.25, 0.3) is 0 Å². The van der Waals surface area contributed by atoms with E-state index in [0.29, 0.717) is 5.56 Å². The minimum Gasteiger partial charge on any atom is -0.338 e. The SMILES string of the molecule is Cc1cccc(C(=O)Nc2cc(C(C)(C)C)no2)c1F. The summed E-state index contributed by atoms with van der Waals surface area (Å²) in [6.45, 7) is 7.56. The molecule has 2 aromatic rings. The molecule has 0 radical (unpaired) electrons. The lowest BCUT2D eigenvalue weighted by molar-refractivity contribution is 0.102. The van der Waals surface area contributed by atoms with E-state index >= 15 is 0 Å². The molecule has 0 atom stereocenters. The van der Waals surface area contributed by atoms with Crippen molar-refractivity contribution < 1.29 is 13.7 Å². The zero-order valence-electron chi connectivity index (χ0n) is 12.0. The van der Waals surface area contributed by atoms with E-state index in [1.165, 1.54) is 6.07 Å². The van der Waals surface area contributed by atoms with Gasteiger partial charge in [-0.05, 0) is 18.6 Å². The van der Waals surface area contributed by atoms with Gasteiger partial charge in [-0.1, -0.05) is 38.1 Å². The standard InChI is InChI=1S/C15H17FN2O2/c1-9-6-5-7-10(13(9)16)14(19)17-12-8-11(18-20-12)15(2,3)4/h5-8H,1-4H3,(H,17,19). The number of benzene rings is 1. The van der Waals surface area contributed by atoms with Crippen LogP contribution in [-0.2, 0) is 5.41 Å². The van der Waals surface area contributed by atoms with Gasteiger partial charge in [-0.2, -0.15) is 0 Å². The average Bonchev–Trinajstić information content (AvgIpc) is 2.81. The Bertz CT molecular complexity index is 642. The fourth-order valence-corrected chi connectivity index (χ4v) is 1.69. The first-order chi connectivity index (χ1) is 9.29. The highest BCUT2D eigenvalue weighted by Crippen LogP contribution is 2.24. The van der Waals surface area contributed by atoms with Gasteiger partial charge >= 0.3 is 0 Å². The number of hydrogen-bond donors (Lipinski definition) is 1. The molecule has 4 nitrogen and oxygen atoms in total. The number of nitrogens with one attached hydrogen (secondary N) is 1. The number of carbonyl (C=O) groups is 1. The van der Waals surface area contributed by atoms with Crippen LogP contribution in [0.15, 0.2) is 28.8 Å². The van der Waals surface area contributed by atoms with Gasteiger partial charge < -0.3 is 4.52 Å². The first kappa shape index (κ1) is 14.2. The first-order valence-corrected chi connectivity index (χ1v) is 6.32. The minimum atomic E-state index is -0.553. The fraction of sp³-hybridized carbons (Fsp3) is 0.333. The summed E-state index contributed by atoms with van der Waals surface area (Å²) in [5.41, 5.74) is 0.947. The van der Waals surface area contributed by atoms with Crippen molar-refractivity contribution in [3.63, 3.8) is 0 Å². The largest absolute Gasteiger partial charge is 0.338 e. The van der Waals surface area contributed by atoms with Gasteiger partial charge in [-0.25, -0.2) is 4.39 Å². The second kappa shape index (κ2) is 5.07. The number of carbonyl (C=O) groups excluding carboxylic acids is 1. The van der Waals surface area contributed by atoms with Crippen molar-refractivity contribution in [3.05, 3.63) is 46.9 Å². The summed E-state index contributed by atoms with van der Waals surface area (Å²) in [5.74, 6) is -0.871. The van der Waals surface area contributed by atoms with Crippen LogP contribution in [0.4, 0.5) is 10.3 Å². The van der Waals surface area contributed by atoms with Gasteiger partial charge in [0.05, 0.1) is 11.3 Å². The van der Waals surface area contributed by atoms with Crippen molar-refractivity contribution in [2.75, 3.05) is 5.32 Å². The summed E-state index contributed by atoms with van der Waals surface area (Å²) < 4.78 is 18.9. The topological polar surface area (TPSA) is 55.1 Å². The van der Waals surface area contributed by atoms with Crippen LogP contribution in [0.1, 0.15) is 42.4 Å². The lowest BCUT2D eigenvalue weighted by atomic mass is 9.92. The van der Waals surface area contributed by atoms with E-state index in [9.17, 15) is 9.18 Å². The Balaban J connectivity index is 2.20. The van der Waals surface area contributed by atoms with Gasteiger partial charge in [-0.3, -0.25) is 10.1 Å². The van der Waals surface area contributed by atoms with Gasteiger partial charge in [0, 0.05) is 11.5 Å². The lowest BCUT2D eigenvalue weighted by Crippen LogP contribution is -2.14. The molecule has 1 N–H and O–H groups in total. The minimum absolute atomic E-state index is 0.0151. The highest BCUT2D eigenvalue weighted by atomic mass is 19.1. The highest BCUT2D eigenvalue weighted by Gasteiger charge is 2.20. The Morgan fingerprint density at radius 2 is 2.05 bits per heavy atom. The lowest BCUT2D eigenvalue weighted by Gasteiger charge is -2.12. The van der Waals surface area contributed by atoms with Crippen LogP contribution >= 0.6 is 0 Å². The van der Waals surface area contributed by atoms with Gasteiger partial charge in [0.1, 0.15) is 5.82 Å². The number of aromatic nitrogens is 1. The van der Waals surface area contributed by atoms with Crippen molar-refractivity contribution in [2.45, 2.75) is 33.1 Å². The third kappa shape index (κ3) is 2.87. The number of rotatable bonds is 2. The average molecular weight is 276 g/mol. The van der Waals surface area contributed by atoms with E-state index < -0.39 is 11.7 Å². The summed E-state index contributed by atoms with van der Waals surface area (Å²) in [6.07, 6.45) is 0. The zero-order valence-corrected chi connectivity index (χ0v) is 12.0. The molecule has 5 heteroatoms. The molecular formula is C15H17FN2O2. The van der Waals surface area contributed by atoms with Gasteiger partial charge in [0.15, 0.2) is 0 Å². The summed E-state index contributed by atoms with van der Waals surface area (Å²) >= 11 is 0. The maximum Gasteiger partial charge on any atom is 0.261 e. The molecule has 0 aliphatic carbocycles. The Labute approximate surface area is 117 Å². The van der Waals surface area contributed by atoms with E-state index in [2.05, 4.69) is 10.5 Å². The monoisotopic (exact) mass is 276 g/mol. The zero-order chi connectivity index (χ0) is 14.9. The predicted octanol–water partition coefficient (Wildman–Crippen LogP) is 3.67. The second-order valence-corrected chi connectivity index (χ2v) is 5.72. The molecule has 0 saturated carbocycles. The number of nitrogens with zero attached hydrogens (tertiary/aromatic N) is 1. The van der Waals surface area contributed by atoms with Crippen molar-refractivity contribution >= 4 is 11.8 Å². The van der Waals surface area contributed by atoms with Gasteiger partial charge in [0.25, 0.3) is 5.91 Å². The normalized spacial score (nSPS) is 11.4. The van der Waals surface area contributed by atoms with Crippen LogP contribution in [0, 0.1) is 12.7 Å². The molecule has 106 valence electrons. The second-order valence-electron chi connectivity index (χ2n) is 5.72. The van der Waals surface area contributed by atoms with Crippen molar-refractivity contribution in [3.8, 4) is 0 Å². The molecule has 1 amide bonds. The van der Waals surface area contributed by atoms with Crippen LogP contribution < -0.4 is 5.32 Å². The van der Waals surface area contributed by atoms with Crippen LogP contribution in [-0.4, -0.2) is 11.1 Å². The molecule has 0 aliphatic rings. The van der Waals surface area contributed by atoms with Crippen molar-refractivity contribution in [1.29, 1.82) is 0 Å². The van der Waals surface area contributed by atoms with Crippen molar-refractivity contribution in [2.24, 2.45) is 0 Å². The van der Waals surface area contributed by atoms with E-state index in [0.717, 1.165) is 5.69 Å². The Morgan fingerprint density at radius 1 is 1.35 bits per heavy atom. The molecule has 0 unspecified atom stereocenters. The fourth-order valence-electron chi connectivity index (χ4n) is 1.69. The molecule has 1 aromatic carbocycles. The molecule has 0 bridgehead atoms. The maximum absolute atomic E-state index is 13.8. The van der Waals surface area contributed by atoms with E-state index in [1.54, 1.807) is 25.1 Å². The number of aryl methyl sites for hydroxylation is 1. The molecule has 2 rings (SSSR count). The summed E-state index contributed by atoms with van der Waals surface area (Å²) in [4.78, 5) is 12.0. The van der Waals surface area contributed by atoms with Gasteiger partial charge in [-0.15, -0.1) is 0 Å². The molecule has 1 heterocycles. The summed E-state index contributed by atoms with van der Waals surface area (Å²) in [5, 5.41) is 6.40. The van der Waals surface area contributed by atoms with Crippen LogP contribution in [0.5, 0.6) is 0 Å². The molecule has 0 fully saturated rings. The van der Waals surface area contributed by atoms with Crippen LogP contribution in [0.2, 0.25) is 0 Å². The smallest absolute Gasteiger partial charge is 0.261 e. The van der Waals surface area contributed by atoms with E-state index in [1.807, 2.05) is 20.8 Å². The third-order valence-electron chi connectivity index (χ3n) is 2.95. The summed E-state index contributed by atoms with van der Waals surface area (Å²) in [6, 6.07) is 6.32. The quantitative estimate of drug-likeness (QED) is 0.910. The molecule has 1 aromatic heterocycles. The molecule has 0 spiro atoms. The molecule has 20 heavy (non-hydrogen) atoms. The Morgan fingerprint density at radius 3 is 2.65 bits per heavy atom. The highest BCUT2D eigenvalue weighted by molar-refractivity contribution is 6.03. The Hall–Kier alpha value is -2.17. The molecular weight excluding hydrogens is 259 g/mol. The molecule has 0 saturated heterocycles. The number of halogens is 1. The Kier molecular flexibility index (Phi) is 3.61.